The van der Waals surface area contributed by atoms with E-state index in [0.29, 0.717) is 17.9 Å². The summed E-state index contributed by atoms with van der Waals surface area (Å²) in [5, 5.41) is 16.0. The number of nitrogens with one attached hydrogen (secondary N) is 1. The topological polar surface area (TPSA) is 97.0 Å². The summed E-state index contributed by atoms with van der Waals surface area (Å²) in [5.41, 5.74) is 0.480. The normalized spacial score (nSPS) is 10.7. The van der Waals surface area contributed by atoms with E-state index in [4.69, 9.17) is 4.52 Å². The van der Waals surface area contributed by atoms with E-state index in [-0.39, 0.29) is 24.3 Å². The Balaban J connectivity index is 1.55. The van der Waals surface area contributed by atoms with Gasteiger partial charge in [0.05, 0.1) is 13.1 Å². The van der Waals surface area contributed by atoms with Crippen molar-refractivity contribution >= 4 is 17.4 Å². The molecule has 0 aliphatic heterocycles. The monoisotopic (exact) mass is 362 g/mol. The number of aromatic nitrogens is 4. The van der Waals surface area contributed by atoms with Crippen LogP contribution in [0.25, 0.3) is 11.5 Å². The molecule has 2 heterocycles. The molecule has 0 atom stereocenters. The number of hydrogen-bond acceptors (Lipinski definition) is 7. The lowest BCUT2D eigenvalue weighted by Crippen LogP contribution is -2.36. The first-order valence-electron chi connectivity index (χ1n) is 7.38. The van der Waals surface area contributed by atoms with Crippen LogP contribution in [0.5, 0.6) is 0 Å². The Bertz CT molecular complexity index is 880. The molecule has 8 nitrogen and oxygen atoms in total. The maximum atomic E-state index is 13.2. The number of carbonyl (C=O) groups is 1. The lowest BCUT2D eigenvalue weighted by atomic mass is 10.2. The second-order valence-electron chi connectivity index (χ2n) is 5.26. The Morgan fingerprint density at radius 1 is 1.40 bits per heavy atom. The second kappa shape index (κ2) is 7.34. The molecular formula is C15H15FN6O2S. The van der Waals surface area contributed by atoms with E-state index in [0.717, 1.165) is 10.0 Å². The SMILES string of the molecule is Cc1nnc(CN(C)C(=O)NCc2noc(-c3cccc(F)c3)n2)s1. The number of nitrogens with zero attached hydrogens (tertiary/aromatic N) is 5. The first-order valence-corrected chi connectivity index (χ1v) is 8.19. The Morgan fingerprint density at radius 2 is 2.24 bits per heavy atom. The van der Waals surface area contributed by atoms with E-state index < -0.39 is 0 Å². The number of amides is 2. The highest BCUT2D eigenvalue weighted by Crippen LogP contribution is 2.17. The highest BCUT2D eigenvalue weighted by molar-refractivity contribution is 7.11. The van der Waals surface area contributed by atoms with Crippen LogP contribution >= 0.6 is 11.3 Å². The third-order valence-electron chi connectivity index (χ3n) is 3.22. The maximum Gasteiger partial charge on any atom is 0.317 e. The van der Waals surface area contributed by atoms with Crippen LogP contribution in [-0.2, 0) is 13.1 Å². The van der Waals surface area contributed by atoms with Crippen LogP contribution < -0.4 is 5.32 Å². The number of hydrogen-bond donors (Lipinski definition) is 1. The predicted molar refractivity (Wildman–Crippen MR) is 88.0 cm³/mol. The van der Waals surface area contributed by atoms with Crippen molar-refractivity contribution in [3.63, 3.8) is 0 Å². The third kappa shape index (κ3) is 4.35. The molecule has 2 amide bonds. The summed E-state index contributed by atoms with van der Waals surface area (Å²) >= 11 is 1.44. The quantitative estimate of drug-likeness (QED) is 0.748. The summed E-state index contributed by atoms with van der Waals surface area (Å²) in [7, 11) is 1.65. The molecule has 0 saturated carbocycles. The number of urea groups is 1. The largest absolute Gasteiger partial charge is 0.334 e. The van der Waals surface area contributed by atoms with Crippen LogP contribution in [-0.4, -0.2) is 38.3 Å². The predicted octanol–water partition coefficient (Wildman–Crippen LogP) is 2.38. The molecule has 0 fully saturated rings. The zero-order valence-corrected chi connectivity index (χ0v) is 14.4. The van der Waals surface area contributed by atoms with Crippen LogP contribution in [0.15, 0.2) is 28.8 Å². The van der Waals surface area contributed by atoms with Gasteiger partial charge in [0, 0.05) is 12.6 Å². The second-order valence-corrected chi connectivity index (χ2v) is 6.52. The van der Waals surface area contributed by atoms with Crippen LogP contribution in [0.3, 0.4) is 0 Å². The third-order valence-corrected chi connectivity index (χ3v) is 4.05. The van der Waals surface area contributed by atoms with Gasteiger partial charge in [0.25, 0.3) is 5.89 Å². The lowest BCUT2D eigenvalue weighted by molar-refractivity contribution is 0.206. The molecule has 0 unspecified atom stereocenters. The first kappa shape index (κ1) is 17.0. The minimum atomic E-state index is -0.390. The van der Waals surface area contributed by atoms with Crippen molar-refractivity contribution in [2.24, 2.45) is 0 Å². The number of benzene rings is 1. The molecule has 25 heavy (non-hydrogen) atoms. The van der Waals surface area contributed by atoms with E-state index in [1.54, 1.807) is 19.2 Å². The first-order chi connectivity index (χ1) is 12.0. The Labute approximate surface area is 146 Å². The summed E-state index contributed by atoms with van der Waals surface area (Å²) in [5.74, 6) is 0.105. The van der Waals surface area contributed by atoms with Crippen molar-refractivity contribution in [2.45, 2.75) is 20.0 Å². The van der Waals surface area contributed by atoms with Crippen LogP contribution in [0.1, 0.15) is 15.8 Å². The molecule has 3 rings (SSSR count). The zero-order valence-electron chi connectivity index (χ0n) is 13.6. The Hall–Kier alpha value is -2.88. The van der Waals surface area contributed by atoms with Crippen molar-refractivity contribution in [2.75, 3.05) is 7.05 Å². The van der Waals surface area contributed by atoms with Crippen molar-refractivity contribution < 1.29 is 13.7 Å². The van der Waals surface area contributed by atoms with Gasteiger partial charge in [-0.05, 0) is 25.1 Å². The van der Waals surface area contributed by atoms with Gasteiger partial charge in [-0.25, -0.2) is 9.18 Å². The van der Waals surface area contributed by atoms with Gasteiger partial charge in [0.15, 0.2) is 5.82 Å². The Kier molecular flexibility index (Phi) is 4.98. The summed E-state index contributed by atoms with van der Waals surface area (Å²) in [6.45, 7) is 2.31. The van der Waals surface area contributed by atoms with E-state index in [1.807, 2.05) is 6.92 Å². The molecule has 10 heteroatoms. The molecule has 3 aromatic rings. The fourth-order valence-electron chi connectivity index (χ4n) is 2.03. The summed E-state index contributed by atoms with van der Waals surface area (Å²) < 4.78 is 18.3. The maximum absolute atomic E-state index is 13.2. The average Bonchev–Trinajstić information content (AvgIpc) is 3.21. The number of rotatable bonds is 5. The molecular weight excluding hydrogens is 347 g/mol. The molecule has 0 saturated heterocycles. The van der Waals surface area contributed by atoms with Crippen LogP contribution in [0, 0.1) is 12.7 Å². The number of carbonyl (C=O) groups excluding carboxylic acids is 1. The fraction of sp³-hybridized carbons (Fsp3) is 0.267. The van der Waals surface area contributed by atoms with Crippen molar-refractivity contribution in [1.82, 2.24) is 30.6 Å². The van der Waals surface area contributed by atoms with E-state index in [2.05, 4.69) is 25.7 Å². The van der Waals surface area contributed by atoms with Crippen molar-refractivity contribution in [3.05, 3.63) is 45.9 Å². The zero-order chi connectivity index (χ0) is 17.8. The number of aryl methyl sites for hydroxylation is 1. The van der Waals surface area contributed by atoms with Gasteiger partial charge in [-0.2, -0.15) is 4.98 Å². The molecule has 1 N–H and O–H groups in total. The molecule has 0 spiro atoms. The van der Waals surface area contributed by atoms with E-state index in [1.165, 1.54) is 28.4 Å². The van der Waals surface area contributed by atoms with Gasteiger partial charge in [0.2, 0.25) is 0 Å². The van der Waals surface area contributed by atoms with Gasteiger partial charge in [0.1, 0.15) is 15.8 Å². The minimum Gasteiger partial charge on any atom is -0.334 e. The smallest absolute Gasteiger partial charge is 0.317 e. The van der Waals surface area contributed by atoms with Crippen molar-refractivity contribution in [3.8, 4) is 11.5 Å². The molecule has 2 aromatic heterocycles. The molecule has 0 bridgehead atoms. The summed E-state index contributed by atoms with van der Waals surface area (Å²) in [4.78, 5) is 17.7. The molecule has 1 aromatic carbocycles. The highest BCUT2D eigenvalue weighted by Gasteiger charge is 2.14. The number of halogens is 1. The van der Waals surface area contributed by atoms with Gasteiger partial charge in [-0.15, -0.1) is 10.2 Å². The van der Waals surface area contributed by atoms with Crippen molar-refractivity contribution in [1.29, 1.82) is 0 Å². The fourth-order valence-corrected chi connectivity index (χ4v) is 2.79. The average molecular weight is 362 g/mol. The van der Waals surface area contributed by atoms with E-state index >= 15 is 0 Å². The van der Waals surface area contributed by atoms with Gasteiger partial charge in [-0.1, -0.05) is 22.6 Å². The van der Waals surface area contributed by atoms with Gasteiger partial charge in [-0.3, -0.25) is 0 Å². The van der Waals surface area contributed by atoms with Crippen LogP contribution in [0.2, 0.25) is 0 Å². The lowest BCUT2D eigenvalue weighted by Gasteiger charge is -2.15. The molecule has 0 aliphatic carbocycles. The summed E-state index contributed by atoms with van der Waals surface area (Å²) in [6.07, 6.45) is 0. The molecule has 0 aliphatic rings. The van der Waals surface area contributed by atoms with Gasteiger partial charge >= 0.3 is 6.03 Å². The Morgan fingerprint density at radius 3 is 2.96 bits per heavy atom. The van der Waals surface area contributed by atoms with Gasteiger partial charge < -0.3 is 14.7 Å². The summed E-state index contributed by atoms with van der Waals surface area (Å²) in [6, 6.07) is 5.55. The molecule has 130 valence electrons. The standard InChI is InChI=1S/C15H15FN6O2S/c1-9-19-20-13(25-9)8-22(2)15(23)17-7-12-18-14(24-21-12)10-4-3-5-11(16)6-10/h3-6H,7-8H2,1-2H3,(H,17,23). The van der Waals surface area contributed by atoms with Crippen LogP contribution in [0.4, 0.5) is 9.18 Å². The highest BCUT2D eigenvalue weighted by atomic mass is 32.1. The minimum absolute atomic E-state index is 0.0944. The molecule has 0 radical (unpaired) electrons. The van der Waals surface area contributed by atoms with E-state index in [9.17, 15) is 9.18 Å².